The molecular formula is C83H170N4Na2O13P2. The molecule has 21 heteroatoms. The molecule has 17 nitrogen and oxygen atoms in total. The van der Waals surface area contributed by atoms with Gasteiger partial charge in [0.1, 0.15) is 0 Å². The topological polar surface area (TPSA) is 229 Å². The molecule has 104 heavy (non-hydrogen) atoms. The second kappa shape index (κ2) is 84.3. The molecule has 0 heterocycles. The first-order valence-corrected chi connectivity index (χ1v) is 46.7. The van der Waals surface area contributed by atoms with E-state index in [0.717, 1.165) is 51.4 Å². The van der Waals surface area contributed by atoms with Gasteiger partial charge >= 0.3 is 80.8 Å². The van der Waals surface area contributed by atoms with E-state index in [2.05, 4.69) is 62.8 Å². The first-order valence-electron chi connectivity index (χ1n) is 43.7. The van der Waals surface area contributed by atoms with Crippen molar-refractivity contribution in [3.63, 3.8) is 0 Å². The van der Waals surface area contributed by atoms with E-state index in [1.54, 1.807) is 0 Å². The molecule has 0 aliphatic heterocycles. The van der Waals surface area contributed by atoms with E-state index < -0.39 is 33.8 Å². The first kappa shape index (κ1) is 109. The molecular weight excluding hydrogens is 1370 g/mol. The third-order valence-electron chi connectivity index (χ3n) is 20.2. The van der Waals surface area contributed by atoms with Gasteiger partial charge in [-0.15, -0.1) is 0 Å². The molecule has 0 aliphatic rings. The van der Waals surface area contributed by atoms with E-state index in [9.17, 15) is 33.3 Å². The zero-order chi connectivity index (χ0) is 74.6. The van der Waals surface area contributed by atoms with Crippen molar-refractivity contribution in [2.24, 2.45) is 11.8 Å². The molecule has 0 aromatic carbocycles. The van der Waals surface area contributed by atoms with Crippen LogP contribution in [0.15, 0.2) is 0 Å². The number of amides is 4. The Morgan fingerprint density at radius 2 is 0.519 bits per heavy atom. The van der Waals surface area contributed by atoms with Crippen LogP contribution in [0.3, 0.4) is 0 Å². The zero-order valence-electron chi connectivity index (χ0n) is 71.6. The van der Waals surface area contributed by atoms with Crippen LogP contribution in [0.2, 0.25) is 0 Å². The Bertz CT molecular complexity index is 1800. The molecule has 0 aromatic rings. The van der Waals surface area contributed by atoms with Crippen molar-refractivity contribution in [1.29, 1.82) is 0 Å². The second-order valence-corrected chi connectivity index (χ2v) is 33.2. The summed E-state index contributed by atoms with van der Waals surface area (Å²) in [4.78, 5) is 60.8. The first-order chi connectivity index (χ1) is 49.7. The molecule has 0 spiro atoms. The Labute approximate surface area is 689 Å². The van der Waals surface area contributed by atoms with Crippen molar-refractivity contribution < 1.29 is 123 Å². The summed E-state index contributed by atoms with van der Waals surface area (Å²) >= 11 is 0. The summed E-state index contributed by atoms with van der Waals surface area (Å²) in [5, 5.41) is 11.1. The number of carbonyl (C=O) groups excluding carboxylic acids is 3. The van der Waals surface area contributed by atoms with Crippen molar-refractivity contribution in [1.82, 2.24) is 21.3 Å². The van der Waals surface area contributed by atoms with Crippen molar-refractivity contribution in [3.05, 3.63) is 0 Å². The van der Waals surface area contributed by atoms with E-state index >= 15 is 0 Å². The summed E-state index contributed by atoms with van der Waals surface area (Å²) in [6.07, 6.45) is 72.1. The molecule has 6 atom stereocenters. The number of phosphoric ester groups is 2. The van der Waals surface area contributed by atoms with Crippen LogP contribution in [0, 0.1) is 11.8 Å². The Hall–Kier alpha value is 0.350. The largest absolute Gasteiger partial charge is 1.00 e. The standard InChI is InChI=1S/C83H168N4O13P2.2Na.2H/c1-7-13-19-25-29-33-37-41-45-51-57-63-81(88)86-79(73-95-69-65-77(59-53-47-23-17-11-5)61-55-49-43-39-35-31-27-21-15-9-3)75-99-101(91,92)97-71-67-84-83(90)85-68-72-98-102(93,94)100-76-80(87-82(89)64-58-52-46-42-38-34-30-26-20-14-8-2)74-96-70-66-78(60-54-48-24-18-12-6)62-56-50-44-40-36-32-28-22-16-10-4;;;;/h77-80H,7-76H2,1-6H3,(H,86,88)(H,87,89)(H,91,92)(H,93,94)(H2,84,85,90);;;;/q;2*+1;2*-1/t77-,78-,79-,80-;;;;/m1..../s1. The number of phosphoric acid groups is 2. The van der Waals surface area contributed by atoms with Gasteiger partial charge in [-0.2, -0.15) is 0 Å². The van der Waals surface area contributed by atoms with Crippen LogP contribution in [0.25, 0.3) is 0 Å². The molecule has 0 rings (SSSR count). The number of urea groups is 1. The summed E-state index contributed by atoms with van der Waals surface area (Å²) in [7, 11) is -9.24. The van der Waals surface area contributed by atoms with Gasteiger partial charge in [-0.3, -0.25) is 27.7 Å². The number of nitrogens with one attached hydrogen (secondary N) is 4. The summed E-state index contributed by atoms with van der Waals surface area (Å²) in [5.41, 5.74) is 0. The molecule has 6 N–H and O–H groups in total. The summed E-state index contributed by atoms with van der Waals surface area (Å²) < 4.78 is 60.2. The van der Waals surface area contributed by atoms with Crippen LogP contribution in [0.4, 0.5) is 4.79 Å². The summed E-state index contributed by atoms with van der Waals surface area (Å²) in [6.45, 7) is 13.2. The number of hydrogen-bond acceptors (Lipinski definition) is 11. The number of ether oxygens (including phenoxy) is 2. The van der Waals surface area contributed by atoms with Gasteiger partial charge in [0, 0.05) is 39.1 Å². The minimum Gasteiger partial charge on any atom is -1.00 e. The summed E-state index contributed by atoms with van der Waals surface area (Å²) in [5.74, 6) is 0.836. The Balaban J connectivity index is -0.00000850. The average Bonchev–Trinajstić information content (AvgIpc) is 0.917. The average molecular weight is 1540 g/mol. The molecule has 0 saturated carbocycles. The SMILES string of the molecule is CCCCCCCCCCCCCC(=O)N[C@H](COCC[C@H](CCCCCCC)CCCCCCCCCCCC)COP(=O)(O)OCCNC(=O)NCCOP(=O)(O)OC[C@@H](COCC[C@H](CCCCCCC)CCCCCCCCCCCC)NC(=O)CCCCCCCCCCCCC.[H-].[H-].[Na+].[Na+]. The molecule has 0 aromatic heterocycles. The fourth-order valence-electron chi connectivity index (χ4n) is 13.6. The van der Waals surface area contributed by atoms with E-state index in [1.807, 2.05) is 0 Å². The maximum Gasteiger partial charge on any atom is 1.00 e. The molecule has 0 radical (unpaired) electrons. The van der Waals surface area contributed by atoms with Gasteiger partial charge in [-0.25, -0.2) is 13.9 Å². The van der Waals surface area contributed by atoms with Gasteiger partial charge in [0.25, 0.3) is 0 Å². The minimum atomic E-state index is -4.62. The van der Waals surface area contributed by atoms with Gasteiger partial charge in [0.05, 0.1) is 51.7 Å². The maximum atomic E-state index is 13.3. The van der Waals surface area contributed by atoms with Gasteiger partial charge in [-0.05, 0) is 37.5 Å². The Kier molecular flexibility index (Phi) is 87.9. The minimum absolute atomic E-state index is 0. The zero-order valence-corrected chi connectivity index (χ0v) is 75.4. The number of unbranched alkanes of at least 4 members (excludes halogenated alkanes) is 46. The second-order valence-electron chi connectivity index (χ2n) is 30.3. The van der Waals surface area contributed by atoms with Crippen LogP contribution in [0.1, 0.15) is 430 Å². The van der Waals surface area contributed by atoms with E-state index in [0.29, 0.717) is 37.9 Å². The fraction of sp³-hybridized carbons (Fsp3) is 0.964. The smallest absolute Gasteiger partial charge is 1.00 e. The Morgan fingerprint density at radius 3 is 0.760 bits per heavy atom. The monoisotopic (exact) mass is 1540 g/mol. The predicted octanol–water partition coefficient (Wildman–Crippen LogP) is 18.5. The molecule has 2 unspecified atom stereocenters. The number of rotatable bonds is 84. The van der Waals surface area contributed by atoms with Crippen molar-refractivity contribution in [3.8, 4) is 0 Å². The number of carbonyl (C=O) groups is 3. The quantitative estimate of drug-likeness (QED) is 0.0189. The van der Waals surface area contributed by atoms with Gasteiger partial charge in [-0.1, -0.05) is 388 Å². The summed E-state index contributed by atoms with van der Waals surface area (Å²) in [6, 6.07) is -2.01. The number of hydrogen-bond donors (Lipinski definition) is 6. The van der Waals surface area contributed by atoms with Crippen LogP contribution >= 0.6 is 15.6 Å². The molecule has 0 saturated heterocycles. The third-order valence-corrected chi connectivity index (χ3v) is 22.2. The molecule has 0 bridgehead atoms. The van der Waals surface area contributed by atoms with E-state index in [4.69, 9.17) is 27.6 Å². The van der Waals surface area contributed by atoms with Crippen molar-refractivity contribution in [2.75, 3.05) is 65.9 Å². The molecule has 4 amide bonds. The van der Waals surface area contributed by atoms with E-state index in [1.165, 1.54) is 321 Å². The van der Waals surface area contributed by atoms with E-state index in [-0.39, 0.29) is 127 Å². The molecule has 0 aliphatic carbocycles. The van der Waals surface area contributed by atoms with Gasteiger partial charge in [0.2, 0.25) is 11.8 Å². The molecule has 612 valence electrons. The van der Waals surface area contributed by atoms with Crippen molar-refractivity contribution in [2.45, 2.75) is 439 Å². The van der Waals surface area contributed by atoms with Gasteiger partial charge in [0.15, 0.2) is 0 Å². The fourth-order valence-corrected chi connectivity index (χ4v) is 15.2. The predicted molar refractivity (Wildman–Crippen MR) is 431 cm³/mol. The maximum absolute atomic E-state index is 13.3. The van der Waals surface area contributed by atoms with Crippen molar-refractivity contribution >= 4 is 33.5 Å². The Morgan fingerprint density at radius 1 is 0.298 bits per heavy atom. The molecule has 0 fully saturated rings. The van der Waals surface area contributed by atoms with Crippen LogP contribution < -0.4 is 80.4 Å². The normalized spacial score (nSPS) is 13.8. The van der Waals surface area contributed by atoms with Crippen LogP contribution in [-0.4, -0.2) is 106 Å². The third kappa shape index (κ3) is 80.4. The van der Waals surface area contributed by atoms with Crippen LogP contribution in [-0.2, 0) is 46.3 Å². The van der Waals surface area contributed by atoms with Crippen LogP contribution in [0.5, 0.6) is 0 Å². The van der Waals surface area contributed by atoms with Gasteiger partial charge < -0.3 is 43.4 Å².